The fourth-order valence-electron chi connectivity index (χ4n) is 2.08. The third-order valence-corrected chi connectivity index (χ3v) is 4.77. The molecule has 0 bridgehead atoms. The predicted molar refractivity (Wildman–Crippen MR) is 88.7 cm³/mol. The van der Waals surface area contributed by atoms with Crippen LogP contribution in [0.2, 0.25) is 0 Å². The van der Waals surface area contributed by atoms with Crippen molar-refractivity contribution < 1.29 is 8.42 Å². The van der Waals surface area contributed by atoms with Crippen LogP contribution >= 0.6 is 0 Å². The Morgan fingerprint density at radius 3 is 2.35 bits per heavy atom. The van der Waals surface area contributed by atoms with E-state index in [2.05, 4.69) is 16.6 Å². The van der Waals surface area contributed by atoms with E-state index in [1.54, 1.807) is 30.3 Å². The number of sulfonamides is 1. The first-order valence-corrected chi connectivity index (χ1v) is 8.52. The fraction of sp³-hybridized carbons (Fsp3) is 0.167. The molecule has 4 nitrogen and oxygen atoms in total. The molecule has 2 rings (SSSR count). The van der Waals surface area contributed by atoms with Gasteiger partial charge in [-0.3, -0.25) is 0 Å². The van der Waals surface area contributed by atoms with Crippen molar-refractivity contribution in [3.63, 3.8) is 0 Å². The minimum atomic E-state index is -3.66. The van der Waals surface area contributed by atoms with Gasteiger partial charge in [-0.05, 0) is 24.6 Å². The molecule has 0 radical (unpaired) electrons. The summed E-state index contributed by atoms with van der Waals surface area (Å²) in [4.78, 5) is 0.206. The van der Waals surface area contributed by atoms with Crippen LogP contribution in [0.4, 0.5) is 0 Å². The average Bonchev–Trinajstić information content (AvgIpc) is 2.55. The largest absolute Gasteiger partial charge is 0.241 e. The zero-order valence-corrected chi connectivity index (χ0v) is 13.5. The summed E-state index contributed by atoms with van der Waals surface area (Å²) in [7, 11) is -3.66. The summed E-state index contributed by atoms with van der Waals surface area (Å²) in [6.07, 6.45) is 0.225. The van der Waals surface area contributed by atoms with Crippen LogP contribution in [0, 0.1) is 30.1 Å². The van der Waals surface area contributed by atoms with Gasteiger partial charge in [0.25, 0.3) is 0 Å². The number of nitrogens with zero attached hydrogens (tertiary/aromatic N) is 1. The lowest BCUT2D eigenvalue weighted by Crippen LogP contribution is -2.28. The number of hydrogen-bond donors (Lipinski definition) is 1. The monoisotopic (exact) mass is 324 g/mol. The van der Waals surface area contributed by atoms with Crippen molar-refractivity contribution in [2.45, 2.75) is 24.3 Å². The molecule has 0 fully saturated rings. The number of nitriles is 1. The van der Waals surface area contributed by atoms with Gasteiger partial charge in [0.1, 0.15) is 0 Å². The second-order valence-electron chi connectivity index (χ2n) is 5.02. The summed E-state index contributed by atoms with van der Waals surface area (Å²) >= 11 is 0. The highest BCUT2D eigenvalue weighted by Crippen LogP contribution is 2.20. The lowest BCUT2D eigenvalue weighted by atomic mass is 10.1. The number of aryl methyl sites for hydroxylation is 1. The van der Waals surface area contributed by atoms with Gasteiger partial charge in [-0.15, -0.1) is 0 Å². The Kier molecular flexibility index (Phi) is 5.54. The van der Waals surface area contributed by atoms with Crippen LogP contribution in [0.3, 0.4) is 0 Å². The van der Waals surface area contributed by atoms with Crippen molar-refractivity contribution in [3.05, 3.63) is 65.7 Å². The highest BCUT2D eigenvalue weighted by molar-refractivity contribution is 7.89. The zero-order valence-electron chi connectivity index (χ0n) is 12.7. The number of hydrogen-bond acceptors (Lipinski definition) is 3. The first kappa shape index (κ1) is 16.8. The summed E-state index contributed by atoms with van der Waals surface area (Å²) in [6.45, 7) is 1.90. The molecule has 0 saturated heterocycles. The van der Waals surface area contributed by atoms with E-state index in [0.717, 1.165) is 11.1 Å². The Morgan fingerprint density at radius 1 is 1.09 bits per heavy atom. The number of benzene rings is 2. The molecule has 0 amide bonds. The summed E-state index contributed by atoms with van der Waals surface area (Å²) in [6, 6.07) is 17.1. The highest BCUT2D eigenvalue weighted by atomic mass is 32.2. The zero-order chi connectivity index (χ0) is 16.7. The van der Waals surface area contributed by atoms with Crippen molar-refractivity contribution in [2.24, 2.45) is 0 Å². The Labute approximate surface area is 136 Å². The third kappa shape index (κ3) is 4.69. The Balaban J connectivity index is 2.29. The summed E-state index contributed by atoms with van der Waals surface area (Å²) in [5.74, 6) is 4.98. The molecule has 0 aliphatic carbocycles. The van der Waals surface area contributed by atoms with E-state index in [1.807, 2.05) is 37.3 Å². The first-order chi connectivity index (χ1) is 11.0. The van der Waals surface area contributed by atoms with Crippen LogP contribution in [0.25, 0.3) is 0 Å². The van der Waals surface area contributed by atoms with Gasteiger partial charge in [-0.1, -0.05) is 53.9 Å². The first-order valence-electron chi connectivity index (χ1n) is 7.04. The minimum absolute atomic E-state index is 0.206. The number of rotatable bonds is 5. The van der Waals surface area contributed by atoms with E-state index in [9.17, 15) is 8.42 Å². The van der Waals surface area contributed by atoms with Gasteiger partial charge >= 0.3 is 0 Å². The van der Waals surface area contributed by atoms with Gasteiger partial charge < -0.3 is 0 Å². The molecule has 116 valence electrons. The SMILES string of the molecule is Cc1ccc(S(=O)(=O)NC(CC#CC#N)c2ccccc2)cc1. The van der Waals surface area contributed by atoms with Gasteiger partial charge in [0.05, 0.1) is 10.9 Å². The molecule has 0 aliphatic heterocycles. The van der Waals surface area contributed by atoms with Crippen molar-refractivity contribution >= 4 is 10.0 Å². The second-order valence-corrected chi connectivity index (χ2v) is 6.73. The highest BCUT2D eigenvalue weighted by Gasteiger charge is 2.20. The molecule has 0 heterocycles. The molecular weight excluding hydrogens is 308 g/mol. The van der Waals surface area contributed by atoms with Gasteiger partial charge in [-0.25, -0.2) is 13.1 Å². The predicted octanol–water partition coefficient (Wildman–Crippen LogP) is 2.93. The maximum absolute atomic E-state index is 12.5. The van der Waals surface area contributed by atoms with Gasteiger partial charge in [0.15, 0.2) is 6.07 Å². The van der Waals surface area contributed by atoms with E-state index < -0.39 is 16.1 Å². The van der Waals surface area contributed by atoms with Crippen molar-refractivity contribution in [1.82, 2.24) is 4.72 Å². The minimum Gasteiger partial charge on any atom is -0.207 e. The molecule has 23 heavy (non-hydrogen) atoms. The molecule has 0 spiro atoms. The Morgan fingerprint density at radius 2 is 1.74 bits per heavy atom. The average molecular weight is 324 g/mol. The Hall–Kier alpha value is -2.60. The molecule has 2 aromatic rings. The number of nitrogens with one attached hydrogen (secondary N) is 1. The van der Waals surface area contributed by atoms with Crippen molar-refractivity contribution in [3.8, 4) is 17.9 Å². The standard InChI is InChI=1S/C18H16N2O2S/c1-15-10-12-17(13-11-15)23(21,22)20-18(9-5-6-14-19)16-7-3-2-4-8-16/h2-4,7-8,10-13,18,20H,9H2,1H3. The molecular formula is C18H16N2O2S. The molecule has 1 atom stereocenters. The Bertz CT molecular complexity index is 855. The lowest BCUT2D eigenvalue weighted by Gasteiger charge is -2.17. The normalized spacial score (nSPS) is 11.8. The van der Waals surface area contributed by atoms with E-state index in [1.165, 1.54) is 0 Å². The van der Waals surface area contributed by atoms with E-state index in [4.69, 9.17) is 5.26 Å². The summed E-state index contributed by atoms with van der Waals surface area (Å²) in [5.41, 5.74) is 1.79. The van der Waals surface area contributed by atoms with E-state index in [0.29, 0.717) is 0 Å². The van der Waals surface area contributed by atoms with E-state index in [-0.39, 0.29) is 11.3 Å². The molecule has 1 N–H and O–H groups in total. The third-order valence-electron chi connectivity index (χ3n) is 3.28. The van der Waals surface area contributed by atoms with Crippen molar-refractivity contribution in [2.75, 3.05) is 0 Å². The second kappa shape index (κ2) is 7.60. The molecule has 0 aromatic heterocycles. The molecule has 5 heteroatoms. The van der Waals surface area contributed by atoms with Crippen LogP contribution in [-0.4, -0.2) is 8.42 Å². The maximum atomic E-state index is 12.5. The smallest absolute Gasteiger partial charge is 0.207 e. The van der Waals surface area contributed by atoms with Crippen molar-refractivity contribution in [1.29, 1.82) is 5.26 Å². The molecule has 1 unspecified atom stereocenters. The quantitative estimate of drug-likeness (QED) is 0.860. The summed E-state index contributed by atoms with van der Waals surface area (Å²) in [5, 5.41) is 8.52. The topological polar surface area (TPSA) is 70.0 Å². The van der Waals surface area contributed by atoms with Crippen LogP contribution in [0.15, 0.2) is 59.5 Å². The fourth-order valence-corrected chi connectivity index (χ4v) is 3.30. The van der Waals surface area contributed by atoms with E-state index >= 15 is 0 Å². The molecule has 0 saturated carbocycles. The van der Waals surface area contributed by atoms with Crippen LogP contribution < -0.4 is 4.72 Å². The molecule has 2 aromatic carbocycles. The van der Waals surface area contributed by atoms with Gasteiger partial charge in [0.2, 0.25) is 10.0 Å². The van der Waals surface area contributed by atoms with Gasteiger partial charge in [-0.2, -0.15) is 5.26 Å². The van der Waals surface area contributed by atoms with Gasteiger partial charge in [0, 0.05) is 12.3 Å². The van der Waals surface area contributed by atoms with Crippen LogP contribution in [0.5, 0.6) is 0 Å². The lowest BCUT2D eigenvalue weighted by molar-refractivity contribution is 0.559. The summed E-state index contributed by atoms with van der Waals surface area (Å²) < 4.78 is 27.7. The van der Waals surface area contributed by atoms with Crippen LogP contribution in [0.1, 0.15) is 23.6 Å². The van der Waals surface area contributed by atoms with Crippen LogP contribution in [-0.2, 0) is 10.0 Å². The molecule has 0 aliphatic rings. The maximum Gasteiger partial charge on any atom is 0.241 e.